The summed E-state index contributed by atoms with van der Waals surface area (Å²) in [5.74, 6) is -2.53. The molecule has 0 spiro atoms. The molecule has 4 rings (SSSR count). The first kappa shape index (κ1) is 21.6. The van der Waals surface area contributed by atoms with Crippen LogP contribution in [0.2, 0.25) is 0 Å². The zero-order valence-electron chi connectivity index (χ0n) is 16.5. The topological polar surface area (TPSA) is 180 Å². The van der Waals surface area contributed by atoms with Crippen LogP contribution in [-0.4, -0.2) is 67.1 Å². The molecule has 1 saturated heterocycles. The molecule has 166 valence electrons. The van der Waals surface area contributed by atoms with Gasteiger partial charge in [-0.25, -0.2) is 0 Å². The summed E-state index contributed by atoms with van der Waals surface area (Å²) in [6.45, 7) is 0.187. The second-order valence-electron chi connectivity index (χ2n) is 6.58. The number of carboxylic acids is 1. The van der Waals surface area contributed by atoms with Gasteiger partial charge in [0.2, 0.25) is 11.5 Å². The van der Waals surface area contributed by atoms with E-state index in [4.69, 9.17) is 5.73 Å². The van der Waals surface area contributed by atoms with Gasteiger partial charge in [0.25, 0.3) is 11.8 Å². The Kier molecular flexibility index (Phi) is 6.00. The first-order chi connectivity index (χ1) is 15.4. The molecule has 2 aromatic heterocycles. The van der Waals surface area contributed by atoms with E-state index in [1.54, 1.807) is 29.2 Å². The number of thioether (sulfide) groups is 1. The zero-order valence-corrected chi connectivity index (χ0v) is 18.1. The van der Waals surface area contributed by atoms with Gasteiger partial charge in [0, 0.05) is 28.9 Å². The highest BCUT2D eigenvalue weighted by Gasteiger charge is 2.53. The number of carbonyl (C=O) groups is 3. The number of aromatic nitrogens is 4. The summed E-state index contributed by atoms with van der Waals surface area (Å²) in [6.07, 6.45) is 3.26. The van der Waals surface area contributed by atoms with Crippen LogP contribution in [0.25, 0.3) is 0 Å². The average molecular weight is 477 g/mol. The Morgan fingerprint density at radius 2 is 2.28 bits per heavy atom. The number of hydrogen-bond donors (Lipinski definition) is 2. The van der Waals surface area contributed by atoms with Crippen molar-refractivity contribution < 1.29 is 29.0 Å². The number of nitrogens with two attached hydrogens (primary N) is 1. The third-order valence-corrected chi connectivity index (χ3v) is 6.48. The van der Waals surface area contributed by atoms with Gasteiger partial charge >= 0.3 is 0 Å². The summed E-state index contributed by atoms with van der Waals surface area (Å²) in [5.41, 5.74) is 5.58. The normalized spacial score (nSPS) is 20.5. The van der Waals surface area contributed by atoms with Crippen LogP contribution in [0.15, 0.2) is 41.0 Å². The zero-order chi connectivity index (χ0) is 22.8. The van der Waals surface area contributed by atoms with Gasteiger partial charge in [0.15, 0.2) is 17.9 Å². The monoisotopic (exact) mass is 476 g/mol. The molecule has 0 radical (unpaired) electrons. The number of nitrogen functional groups attached to an aromatic ring is 1. The Morgan fingerprint density at radius 1 is 1.47 bits per heavy atom. The summed E-state index contributed by atoms with van der Waals surface area (Å²) in [5, 5.41) is 21.7. The van der Waals surface area contributed by atoms with Gasteiger partial charge in [-0.3, -0.25) is 14.5 Å². The minimum Gasteiger partial charge on any atom is -0.543 e. The van der Waals surface area contributed by atoms with Gasteiger partial charge in [-0.1, -0.05) is 9.84 Å². The average Bonchev–Trinajstić information content (AvgIpc) is 3.21. The van der Waals surface area contributed by atoms with E-state index in [0.29, 0.717) is 11.3 Å². The van der Waals surface area contributed by atoms with E-state index in [1.807, 2.05) is 0 Å². The van der Waals surface area contributed by atoms with Crippen molar-refractivity contribution >= 4 is 51.9 Å². The number of rotatable bonds is 7. The molecular weight excluding hydrogens is 460 g/mol. The smallest absolute Gasteiger partial charge is 0.278 e. The number of hydrogen-bond acceptors (Lipinski definition) is 12. The highest BCUT2D eigenvalue weighted by atomic mass is 32.2. The third-order valence-electron chi connectivity index (χ3n) is 4.60. The molecule has 0 saturated carbocycles. The number of carbonyl (C=O) groups excluding carboxylic acids is 3. The van der Waals surface area contributed by atoms with Crippen LogP contribution in [0.4, 0.5) is 5.13 Å². The largest absolute Gasteiger partial charge is 0.543 e. The molecule has 13 nitrogen and oxygen atoms in total. The molecule has 2 aromatic rings. The standard InChI is InChI=1S/C17H16N8O5S2/c1-30-22-9(12-21-17(18)32-23-12)13(26)20-10-14(27)25-11(16(28)29)8(7-31-15(10)25)6-24-5-3-2-4-19-24/h2-5,10,15H,6-7H2,1H3,(H3-,18,20,21,23,26,28,29)/t10?,15-/m1/s1. The molecular formula is C17H16N8O5S2. The SMILES string of the molecule is CON=C(C(=O)NC1C(=O)N2C(C(=O)[O-])=C(C[n+]3ccccn3)CS[C@H]12)c1nsc(N)n1. The van der Waals surface area contributed by atoms with Gasteiger partial charge < -0.3 is 25.8 Å². The molecule has 2 aliphatic heterocycles. The summed E-state index contributed by atoms with van der Waals surface area (Å²) in [6, 6.07) is 2.53. The van der Waals surface area contributed by atoms with Crippen LogP contribution in [0.3, 0.4) is 0 Å². The third kappa shape index (κ3) is 3.99. The van der Waals surface area contributed by atoms with Crippen LogP contribution in [0, 0.1) is 0 Å². The van der Waals surface area contributed by atoms with Gasteiger partial charge in [-0.2, -0.15) is 9.36 Å². The molecule has 1 fully saturated rings. The fourth-order valence-electron chi connectivity index (χ4n) is 3.26. The van der Waals surface area contributed by atoms with Crippen LogP contribution in [0.1, 0.15) is 5.82 Å². The first-order valence-corrected chi connectivity index (χ1v) is 10.9. The molecule has 2 amide bonds. The van der Waals surface area contributed by atoms with Crippen LogP contribution >= 0.6 is 23.3 Å². The van der Waals surface area contributed by atoms with Crippen molar-refractivity contribution in [2.24, 2.45) is 5.16 Å². The quantitative estimate of drug-likeness (QED) is 0.184. The summed E-state index contributed by atoms with van der Waals surface area (Å²) < 4.78 is 5.48. The number of nitrogens with one attached hydrogen (secondary N) is 1. The predicted molar refractivity (Wildman–Crippen MR) is 109 cm³/mol. The van der Waals surface area contributed by atoms with Gasteiger partial charge in [0.05, 0.1) is 17.9 Å². The first-order valence-electron chi connectivity index (χ1n) is 9.11. The van der Waals surface area contributed by atoms with Gasteiger partial charge in [-0.05, 0) is 11.2 Å². The maximum Gasteiger partial charge on any atom is 0.278 e. The van der Waals surface area contributed by atoms with Crippen molar-refractivity contribution in [2.45, 2.75) is 18.0 Å². The van der Waals surface area contributed by atoms with E-state index >= 15 is 0 Å². The minimum absolute atomic E-state index is 0.0447. The number of β-lactam (4-membered cyclic amide) rings is 1. The number of amides is 2. The van der Waals surface area contributed by atoms with Crippen LogP contribution < -0.4 is 20.8 Å². The molecule has 3 N–H and O–H groups in total. The minimum atomic E-state index is -1.47. The van der Waals surface area contributed by atoms with Crippen molar-refractivity contribution in [3.63, 3.8) is 0 Å². The predicted octanol–water partition coefficient (Wildman–Crippen LogP) is -2.74. The molecule has 1 unspecified atom stereocenters. The van der Waals surface area contributed by atoms with Crippen molar-refractivity contribution in [3.8, 4) is 0 Å². The van der Waals surface area contributed by atoms with Crippen molar-refractivity contribution in [1.82, 2.24) is 24.7 Å². The molecule has 0 bridgehead atoms. The number of oxime groups is 1. The maximum atomic E-state index is 12.8. The fourth-order valence-corrected chi connectivity index (χ4v) is 5.03. The van der Waals surface area contributed by atoms with E-state index in [0.717, 1.165) is 16.4 Å². The Morgan fingerprint density at radius 3 is 2.91 bits per heavy atom. The fraction of sp³-hybridized carbons (Fsp3) is 0.294. The summed E-state index contributed by atoms with van der Waals surface area (Å²) in [4.78, 5) is 47.1. The van der Waals surface area contributed by atoms with Crippen LogP contribution in [-0.2, 0) is 25.8 Å². The number of anilines is 1. The second-order valence-corrected chi connectivity index (χ2v) is 8.46. The van der Waals surface area contributed by atoms with Gasteiger partial charge in [0.1, 0.15) is 18.5 Å². The highest BCUT2D eigenvalue weighted by molar-refractivity contribution is 8.00. The molecule has 0 aliphatic carbocycles. The molecule has 2 aliphatic rings. The Hall–Kier alpha value is -3.59. The van der Waals surface area contributed by atoms with Gasteiger partial charge in [-0.15, -0.1) is 11.8 Å². The number of carboxylic acid groups (broad SMARTS) is 1. The Balaban J connectivity index is 1.53. The van der Waals surface area contributed by atoms with Crippen molar-refractivity contribution in [3.05, 3.63) is 41.6 Å². The summed E-state index contributed by atoms with van der Waals surface area (Å²) >= 11 is 2.19. The highest BCUT2D eigenvalue weighted by Crippen LogP contribution is 2.40. The molecule has 0 aromatic carbocycles. The number of aliphatic carboxylic acids is 1. The van der Waals surface area contributed by atoms with E-state index < -0.39 is 29.2 Å². The lowest BCUT2D eigenvalue weighted by atomic mass is 10.0. The molecule has 15 heteroatoms. The lowest BCUT2D eigenvalue weighted by molar-refractivity contribution is -0.746. The molecule has 4 heterocycles. The number of nitrogens with zero attached hydrogens (tertiary/aromatic N) is 6. The second kappa shape index (κ2) is 8.88. The van der Waals surface area contributed by atoms with Crippen molar-refractivity contribution in [1.29, 1.82) is 0 Å². The molecule has 32 heavy (non-hydrogen) atoms. The summed E-state index contributed by atoms with van der Waals surface area (Å²) in [7, 11) is 1.24. The van der Waals surface area contributed by atoms with Crippen molar-refractivity contribution in [2.75, 3.05) is 18.6 Å². The van der Waals surface area contributed by atoms with E-state index in [2.05, 4.69) is 29.8 Å². The number of fused-ring (bicyclic) bond motifs is 1. The lowest BCUT2D eigenvalue weighted by Crippen LogP contribution is -2.71. The van der Waals surface area contributed by atoms with Crippen LogP contribution in [0.5, 0.6) is 0 Å². The van der Waals surface area contributed by atoms with E-state index in [1.165, 1.54) is 18.9 Å². The van der Waals surface area contributed by atoms with E-state index in [-0.39, 0.29) is 28.9 Å². The lowest BCUT2D eigenvalue weighted by Gasteiger charge is -2.50. The Bertz CT molecular complexity index is 1130. The van der Waals surface area contributed by atoms with E-state index in [9.17, 15) is 19.5 Å². The maximum absolute atomic E-state index is 12.8. The Labute approximate surface area is 189 Å². The molecule has 2 atom stereocenters.